The van der Waals surface area contributed by atoms with Crippen molar-refractivity contribution in [2.75, 3.05) is 26.7 Å². The summed E-state index contributed by atoms with van der Waals surface area (Å²) in [7, 11) is -1.94. The largest absolute Gasteiger partial charge is 0.365 e. The average molecular weight is 316 g/mol. The van der Waals surface area contributed by atoms with Crippen LogP contribution in [-0.4, -0.2) is 61.9 Å². The summed E-state index contributed by atoms with van der Waals surface area (Å²) in [4.78, 5) is 12.9. The molecule has 1 atom stereocenters. The van der Waals surface area contributed by atoms with Crippen LogP contribution in [0.4, 0.5) is 0 Å². The monoisotopic (exact) mass is 316 g/mol. The molecule has 0 spiro atoms. The molecule has 1 N–H and O–H groups in total. The summed E-state index contributed by atoms with van der Waals surface area (Å²) in [6.45, 7) is 3.15. The first-order valence-electron chi connectivity index (χ1n) is 6.80. The fourth-order valence-corrected chi connectivity index (χ4v) is 3.02. The van der Waals surface area contributed by atoms with Crippen LogP contribution in [0.15, 0.2) is 17.3 Å². The van der Waals surface area contributed by atoms with Crippen molar-refractivity contribution in [2.45, 2.75) is 30.9 Å². The van der Waals surface area contributed by atoms with Crippen molar-refractivity contribution in [2.24, 2.45) is 0 Å². The molecule has 1 aliphatic rings. The Bertz CT molecular complexity index is 598. The van der Waals surface area contributed by atoms with Gasteiger partial charge in [0.05, 0.1) is 12.3 Å². The summed E-state index contributed by atoms with van der Waals surface area (Å²) >= 11 is 0. The zero-order valence-corrected chi connectivity index (χ0v) is 13.0. The summed E-state index contributed by atoms with van der Waals surface area (Å²) in [6.07, 6.45) is 3.37. The molecule has 1 aromatic heterocycles. The Hall–Kier alpha value is -1.45. The van der Waals surface area contributed by atoms with Gasteiger partial charge in [-0.1, -0.05) is 6.92 Å². The second-order valence-electron chi connectivity index (χ2n) is 5.00. The Balaban J connectivity index is 1.93. The maximum atomic E-state index is 12.1. The Morgan fingerprint density at radius 2 is 2.29 bits per heavy atom. The third kappa shape index (κ3) is 4.02. The van der Waals surface area contributed by atoms with Gasteiger partial charge in [0.2, 0.25) is 15.9 Å². The summed E-state index contributed by atoms with van der Waals surface area (Å²) < 4.78 is 33.7. The van der Waals surface area contributed by atoms with Crippen LogP contribution in [0, 0.1) is 0 Å². The molecule has 0 aliphatic carbocycles. The van der Waals surface area contributed by atoms with Crippen molar-refractivity contribution in [1.29, 1.82) is 0 Å². The molecule has 0 radical (unpaired) electrons. The quantitative estimate of drug-likeness (QED) is 0.758. The summed E-state index contributed by atoms with van der Waals surface area (Å²) in [6, 6.07) is 0. The van der Waals surface area contributed by atoms with Gasteiger partial charge in [-0.2, -0.15) is 5.10 Å². The van der Waals surface area contributed by atoms with Gasteiger partial charge in [0.15, 0.2) is 0 Å². The number of likely N-dealkylation sites (N-methyl/N-ethyl adjacent to an activating group) is 1. The van der Waals surface area contributed by atoms with Gasteiger partial charge in [0.25, 0.3) is 0 Å². The maximum Gasteiger partial charge on any atom is 0.248 e. The van der Waals surface area contributed by atoms with Crippen molar-refractivity contribution in [3.63, 3.8) is 0 Å². The Labute approximate surface area is 124 Å². The molecule has 21 heavy (non-hydrogen) atoms. The van der Waals surface area contributed by atoms with E-state index in [4.69, 9.17) is 4.74 Å². The van der Waals surface area contributed by atoms with Gasteiger partial charge in [0.1, 0.15) is 11.5 Å². The van der Waals surface area contributed by atoms with Crippen LogP contribution >= 0.6 is 0 Å². The van der Waals surface area contributed by atoms with Crippen LogP contribution in [0.25, 0.3) is 0 Å². The highest BCUT2D eigenvalue weighted by molar-refractivity contribution is 7.89. The number of amides is 1. The second kappa shape index (κ2) is 6.54. The minimum absolute atomic E-state index is 0.0165. The zero-order chi connectivity index (χ0) is 15.5. The van der Waals surface area contributed by atoms with E-state index >= 15 is 0 Å². The van der Waals surface area contributed by atoms with E-state index in [9.17, 15) is 13.2 Å². The highest BCUT2D eigenvalue weighted by Crippen LogP contribution is 2.09. The first-order valence-corrected chi connectivity index (χ1v) is 8.28. The molecule has 1 aromatic rings. The van der Waals surface area contributed by atoms with Gasteiger partial charge in [0, 0.05) is 32.9 Å². The van der Waals surface area contributed by atoms with E-state index in [1.807, 2.05) is 6.92 Å². The lowest BCUT2D eigenvalue weighted by atomic mass is 10.3. The van der Waals surface area contributed by atoms with Crippen molar-refractivity contribution in [3.8, 4) is 0 Å². The third-order valence-corrected chi connectivity index (χ3v) is 4.60. The molecular formula is C12H20N4O4S. The van der Waals surface area contributed by atoms with Crippen LogP contribution in [-0.2, 0) is 26.1 Å². The lowest BCUT2D eigenvalue weighted by Gasteiger charge is -2.29. The lowest BCUT2D eigenvalue weighted by Crippen LogP contribution is -2.48. The summed E-state index contributed by atoms with van der Waals surface area (Å²) in [5, 5.41) is 4.00. The van der Waals surface area contributed by atoms with E-state index in [1.54, 1.807) is 11.7 Å². The van der Waals surface area contributed by atoms with Crippen LogP contribution in [0.1, 0.15) is 13.3 Å². The average Bonchev–Trinajstić information content (AvgIpc) is 2.90. The van der Waals surface area contributed by atoms with E-state index in [-0.39, 0.29) is 30.1 Å². The number of hydrogen-bond donors (Lipinski definition) is 1. The normalized spacial score (nSPS) is 20.0. The molecule has 0 bridgehead atoms. The van der Waals surface area contributed by atoms with E-state index < -0.39 is 10.0 Å². The first-order chi connectivity index (χ1) is 9.92. The number of rotatable bonds is 6. The molecule has 118 valence electrons. The molecule has 1 saturated heterocycles. The predicted octanol–water partition coefficient (Wildman–Crippen LogP) is -0.571. The van der Waals surface area contributed by atoms with Gasteiger partial charge in [-0.3, -0.25) is 9.48 Å². The standard InChI is InChI=1S/C12H20N4O4S/c1-3-4-16-8-11(6-13-16)21(18,19)14-5-10-7-15(2)12(17)9-20-10/h6,8,10,14H,3-5,7,9H2,1-2H3. The summed E-state index contributed by atoms with van der Waals surface area (Å²) in [5.74, 6) is -0.102. The van der Waals surface area contributed by atoms with Crippen molar-refractivity contribution in [3.05, 3.63) is 12.4 Å². The highest BCUT2D eigenvalue weighted by Gasteiger charge is 2.25. The van der Waals surface area contributed by atoms with Crippen LogP contribution in [0.5, 0.6) is 0 Å². The van der Waals surface area contributed by atoms with Gasteiger partial charge < -0.3 is 9.64 Å². The first kappa shape index (κ1) is 15.9. The molecular weight excluding hydrogens is 296 g/mol. The van der Waals surface area contributed by atoms with Crippen LogP contribution in [0.3, 0.4) is 0 Å². The number of aromatic nitrogens is 2. The summed E-state index contributed by atoms with van der Waals surface area (Å²) in [5.41, 5.74) is 0. The molecule has 8 nitrogen and oxygen atoms in total. The number of nitrogens with zero attached hydrogens (tertiary/aromatic N) is 3. The number of sulfonamides is 1. The van der Waals surface area contributed by atoms with Crippen molar-refractivity contribution < 1.29 is 17.9 Å². The Morgan fingerprint density at radius 3 is 2.95 bits per heavy atom. The van der Waals surface area contributed by atoms with Crippen molar-refractivity contribution in [1.82, 2.24) is 19.4 Å². The maximum absolute atomic E-state index is 12.1. The van der Waals surface area contributed by atoms with Gasteiger partial charge in [-0.15, -0.1) is 0 Å². The smallest absolute Gasteiger partial charge is 0.248 e. The molecule has 2 rings (SSSR count). The fraction of sp³-hybridized carbons (Fsp3) is 0.667. The molecule has 0 aromatic carbocycles. The predicted molar refractivity (Wildman–Crippen MR) is 75.1 cm³/mol. The molecule has 0 saturated carbocycles. The van der Waals surface area contributed by atoms with E-state index in [2.05, 4.69) is 9.82 Å². The Kier molecular flexibility index (Phi) is 4.96. The zero-order valence-electron chi connectivity index (χ0n) is 12.2. The topological polar surface area (TPSA) is 93.5 Å². The van der Waals surface area contributed by atoms with Crippen LogP contribution in [0.2, 0.25) is 0 Å². The number of carbonyl (C=O) groups excluding carboxylic acids is 1. The minimum atomic E-state index is -3.60. The molecule has 1 fully saturated rings. The van der Waals surface area contributed by atoms with E-state index in [0.717, 1.165) is 6.42 Å². The van der Waals surface area contributed by atoms with E-state index in [1.165, 1.54) is 17.3 Å². The molecule has 1 amide bonds. The number of aryl methyl sites for hydroxylation is 1. The number of carbonyl (C=O) groups is 1. The molecule has 2 heterocycles. The van der Waals surface area contributed by atoms with Gasteiger partial charge in [-0.05, 0) is 6.42 Å². The third-order valence-electron chi connectivity index (χ3n) is 3.22. The Morgan fingerprint density at radius 1 is 1.52 bits per heavy atom. The van der Waals surface area contributed by atoms with Gasteiger partial charge in [-0.25, -0.2) is 13.1 Å². The number of ether oxygens (including phenoxy) is 1. The van der Waals surface area contributed by atoms with Crippen LogP contribution < -0.4 is 4.72 Å². The van der Waals surface area contributed by atoms with E-state index in [0.29, 0.717) is 13.1 Å². The lowest BCUT2D eigenvalue weighted by molar-refractivity contribution is -0.146. The molecule has 9 heteroatoms. The molecule has 1 unspecified atom stereocenters. The SMILES string of the molecule is CCCn1cc(S(=O)(=O)NCC2CN(C)C(=O)CO2)cn1. The number of morpholine rings is 1. The van der Waals surface area contributed by atoms with Crippen molar-refractivity contribution >= 4 is 15.9 Å². The fourth-order valence-electron chi connectivity index (χ4n) is 2.00. The molecule has 1 aliphatic heterocycles. The number of hydrogen-bond acceptors (Lipinski definition) is 5. The second-order valence-corrected chi connectivity index (χ2v) is 6.77. The highest BCUT2D eigenvalue weighted by atomic mass is 32.2. The minimum Gasteiger partial charge on any atom is -0.365 e. The van der Waals surface area contributed by atoms with Gasteiger partial charge >= 0.3 is 0 Å². The number of nitrogens with one attached hydrogen (secondary N) is 1.